The summed E-state index contributed by atoms with van der Waals surface area (Å²) >= 11 is 0. The molecule has 0 atom stereocenters. The van der Waals surface area contributed by atoms with Crippen molar-refractivity contribution in [2.24, 2.45) is 5.73 Å². The predicted molar refractivity (Wildman–Crippen MR) is 21.4 cm³/mol. The molecule has 0 saturated heterocycles. The average Bonchev–Trinajstić information content (AvgIpc) is 1.68. The molecule has 0 aromatic heterocycles. The van der Waals surface area contributed by atoms with Gasteiger partial charge >= 0.3 is 6.41 Å². The van der Waals surface area contributed by atoms with Gasteiger partial charge in [0.15, 0.2) is 0 Å². The zero-order valence-corrected chi connectivity index (χ0v) is 3.87. The van der Waals surface area contributed by atoms with Gasteiger partial charge in [-0.3, -0.25) is 5.73 Å². The highest BCUT2D eigenvalue weighted by atomic mass is 16.7. The van der Waals surface area contributed by atoms with Crippen molar-refractivity contribution in [3.05, 3.63) is 0 Å². The van der Waals surface area contributed by atoms with Crippen molar-refractivity contribution in [1.82, 2.24) is 0 Å². The van der Waals surface area contributed by atoms with Crippen LogP contribution in [0, 0.1) is 23.0 Å². The van der Waals surface area contributed by atoms with Crippen molar-refractivity contribution in [2.45, 2.75) is 6.41 Å². The van der Waals surface area contributed by atoms with E-state index in [0.29, 0.717) is 0 Å². The van der Waals surface area contributed by atoms with Crippen molar-refractivity contribution in [3.8, 4) is 12.5 Å². The molecule has 0 spiro atoms. The molecular weight excluding hydrogens is 110 g/mol. The van der Waals surface area contributed by atoms with Crippen LogP contribution in [-0.2, 0) is 9.47 Å². The van der Waals surface area contributed by atoms with Crippen LogP contribution in [0.25, 0.3) is 0 Å². The Hall–Kier alpha value is -1.46. The molecule has 0 rings (SSSR count). The summed E-state index contributed by atoms with van der Waals surface area (Å²) in [5.41, 5.74) is 4.81. The maximum atomic E-state index is 7.72. The van der Waals surface area contributed by atoms with Gasteiger partial charge in [0.05, 0.1) is 0 Å². The van der Waals surface area contributed by atoms with Crippen molar-refractivity contribution >= 4 is 0 Å². The van der Waals surface area contributed by atoms with Gasteiger partial charge in [-0.25, -0.2) is 0 Å². The van der Waals surface area contributed by atoms with E-state index < -0.39 is 6.41 Å². The second kappa shape index (κ2) is 3.72. The van der Waals surface area contributed by atoms with E-state index in [1.165, 1.54) is 12.5 Å². The van der Waals surface area contributed by atoms with E-state index in [1.807, 2.05) is 0 Å². The average molecular weight is 113 g/mol. The normalized spacial score (nSPS) is 7.00. The molecule has 0 saturated carbocycles. The lowest BCUT2D eigenvalue weighted by molar-refractivity contribution is -0.0378. The number of nitrogens with zero attached hydrogens (tertiary/aromatic N) is 2. The Morgan fingerprint density at radius 2 is 1.62 bits per heavy atom. The lowest BCUT2D eigenvalue weighted by Gasteiger charge is -1.99. The molecule has 0 amide bonds. The van der Waals surface area contributed by atoms with Gasteiger partial charge in [0, 0.05) is 0 Å². The molecule has 0 unspecified atom stereocenters. The second-order valence-corrected chi connectivity index (χ2v) is 0.787. The number of ether oxygens (including phenoxy) is 2. The third-order valence-electron chi connectivity index (χ3n) is 0.338. The molecule has 8 heavy (non-hydrogen) atoms. The monoisotopic (exact) mass is 113 g/mol. The molecule has 5 nitrogen and oxygen atoms in total. The van der Waals surface area contributed by atoms with Gasteiger partial charge in [0.2, 0.25) is 0 Å². The van der Waals surface area contributed by atoms with Gasteiger partial charge in [0.25, 0.3) is 12.5 Å². The zero-order valence-electron chi connectivity index (χ0n) is 3.87. The predicted octanol–water partition coefficient (Wildman–Crippen LogP) is -0.776. The first kappa shape index (κ1) is 6.54. The minimum absolute atomic E-state index is 1.25. The Morgan fingerprint density at radius 3 is 1.88 bits per heavy atom. The SMILES string of the molecule is N#COC(N)OC#N. The van der Waals surface area contributed by atoms with Gasteiger partial charge in [-0.1, -0.05) is 0 Å². The fraction of sp³-hybridized carbons (Fsp3) is 0.333. The van der Waals surface area contributed by atoms with E-state index in [-0.39, 0.29) is 0 Å². The Balaban J connectivity index is 3.25. The molecule has 42 valence electrons. The van der Waals surface area contributed by atoms with Crippen molar-refractivity contribution in [2.75, 3.05) is 0 Å². The van der Waals surface area contributed by atoms with Crippen LogP contribution in [0.15, 0.2) is 0 Å². The van der Waals surface area contributed by atoms with E-state index in [4.69, 9.17) is 16.3 Å². The fourth-order valence-corrected chi connectivity index (χ4v) is 0.128. The van der Waals surface area contributed by atoms with Gasteiger partial charge in [-0.15, -0.1) is 0 Å². The molecule has 0 aromatic carbocycles. The van der Waals surface area contributed by atoms with Crippen molar-refractivity contribution < 1.29 is 9.47 Å². The third kappa shape index (κ3) is 2.76. The maximum absolute atomic E-state index is 7.72. The van der Waals surface area contributed by atoms with Crippen LogP contribution < -0.4 is 5.73 Å². The van der Waals surface area contributed by atoms with E-state index in [9.17, 15) is 0 Å². The maximum Gasteiger partial charge on any atom is 0.322 e. The molecule has 0 aliphatic rings. The van der Waals surface area contributed by atoms with Crippen molar-refractivity contribution in [3.63, 3.8) is 0 Å². The van der Waals surface area contributed by atoms with E-state index in [2.05, 4.69) is 9.47 Å². The summed E-state index contributed by atoms with van der Waals surface area (Å²) in [6, 6.07) is 0. The molecule has 0 aliphatic heterocycles. The Kier molecular flexibility index (Phi) is 3.04. The molecule has 0 bridgehead atoms. The van der Waals surface area contributed by atoms with Crippen molar-refractivity contribution in [1.29, 1.82) is 10.5 Å². The summed E-state index contributed by atoms with van der Waals surface area (Å²) in [4.78, 5) is 0. The number of nitriles is 2. The molecular formula is C3H3N3O2. The minimum Gasteiger partial charge on any atom is -0.369 e. The van der Waals surface area contributed by atoms with Gasteiger partial charge in [-0.05, 0) is 0 Å². The smallest absolute Gasteiger partial charge is 0.322 e. The first-order valence-corrected chi connectivity index (χ1v) is 1.66. The fourth-order valence-electron chi connectivity index (χ4n) is 0.128. The van der Waals surface area contributed by atoms with Gasteiger partial charge in [0.1, 0.15) is 0 Å². The lowest BCUT2D eigenvalue weighted by atomic mass is 11.1. The van der Waals surface area contributed by atoms with E-state index in [1.54, 1.807) is 0 Å². The number of rotatable bonds is 2. The molecule has 5 heteroatoms. The summed E-state index contributed by atoms with van der Waals surface area (Å²) < 4.78 is 7.84. The van der Waals surface area contributed by atoms with Crippen LogP contribution in [0.5, 0.6) is 0 Å². The summed E-state index contributed by atoms with van der Waals surface area (Å²) in [5, 5.41) is 15.4. The molecule has 0 heterocycles. The summed E-state index contributed by atoms with van der Waals surface area (Å²) in [5.74, 6) is 0. The van der Waals surface area contributed by atoms with Gasteiger partial charge in [-0.2, -0.15) is 10.5 Å². The molecule has 0 radical (unpaired) electrons. The number of hydrogen-bond donors (Lipinski definition) is 1. The van der Waals surface area contributed by atoms with E-state index >= 15 is 0 Å². The largest absolute Gasteiger partial charge is 0.369 e. The standard InChI is InChI=1S/C3H3N3O2/c4-1-7-3(6)8-2-5/h3H,6H2. The van der Waals surface area contributed by atoms with Crippen LogP contribution in [0.4, 0.5) is 0 Å². The number of nitrogens with two attached hydrogens (primary N) is 1. The highest BCUT2D eigenvalue weighted by molar-refractivity contribution is 4.52. The lowest BCUT2D eigenvalue weighted by Crippen LogP contribution is -2.23. The highest BCUT2D eigenvalue weighted by Crippen LogP contribution is 1.79. The Bertz CT molecular complexity index is 116. The third-order valence-corrected chi connectivity index (χ3v) is 0.338. The van der Waals surface area contributed by atoms with Crippen LogP contribution >= 0.6 is 0 Å². The molecule has 0 aliphatic carbocycles. The second-order valence-electron chi connectivity index (χ2n) is 0.787. The Labute approximate surface area is 45.8 Å². The minimum atomic E-state index is -1.26. The first-order chi connectivity index (χ1) is 3.81. The summed E-state index contributed by atoms with van der Waals surface area (Å²) in [6.45, 7) is 0. The van der Waals surface area contributed by atoms with Gasteiger partial charge < -0.3 is 9.47 Å². The summed E-state index contributed by atoms with van der Waals surface area (Å²) in [6.07, 6.45) is 1.24. The van der Waals surface area contributed by atoms with Crippen LogP contribution in [0.3, 0.4) is 0 Å². The Morgan fingerprint density at radius 1 is 1.25 bits per heavy atom. The molecule has 0 aromatic rings. The quantitative estimate of drug-likeness (QED) is 0.374. The molecule has 2 N–H and O–H groups in total. The highest BCUT2D eigenvalue weighted by Gasteiger charge is 1.97. The summed E-state index contributed by atoms with van der Waals surface area (Å²) in [7, 11) is 0. The zero-order chi connectivity index (χ0) is 6.41. The molecule has 0 fully saturated rings. The topological polar surface area (TPSA) is 92.1 Å². The van der Waals surface area contributed by atoms with Crippen LogP contribution in [0.1, 0.15) is 0 Å². The van der Waals surface area contributed by atoms with Crippen LogP contribution in [-0.4, -0.2) is 6.41 Å². The van der Waals surface area contributed by atoms with E-state index in [0.717, 1.165) is 0 Å². The van der Waals surface area contributed by atoms with Crippen LogP contribution in [0.2, 0.25) is 0 Å². The number of hydrogen-bond acceptors (Lipinski definition) is 5. The first-order valence-electron chi connectivity index (χ1n) is 1.66.